The second-order valence-electron chi connectivity index (χ2n) is 35.5. The van der Waals surface area contributed by atoms with E-state index in [0.29, 0.717) is 36.4 Å². The highest BCUT2D eigenvalue weighted by Crippen LogP contribution is 2.41. The van der Waals surface area contributed by atoms with E-state index in [4.69, 9.17) is 58.2 Å². The Balaban J connectivity index is 8.44. The van der Waals surface area contributed by atoms with Crippen LogP contribution in [0.5, 0.6) is 0 Å². The van der Waals surface area contributed by atoms with Gasteiger partial charge in [0.05, 0.1) is 6.61 Å². The fourth-order valence-corrected chi connectivity index (χ4v) is 82.7. The van der Waals surface area contributed by atoms with Crippen LogP contribution < -0.4 is 0 Å². The van der Waals surface area contributed by atoms with Gasteiger partial charge in [0.15, 0.2) is 108 Å². The summed E-state index contributed by atoms with van der Waals surface area (Å²) in [4.78, 5) is 11.9. The summed E-state index contributed by atoms with van der Waals surface area (Å²) >= 11 is 0. The third kappa shape index (κ3) is 44.4. The van der Waals surface area contributed by atoms with Gasteiger partial charge < -0.3 is 58.2 Å². The Bertz CT molecular complexity index is 1740. The van der Waals surface area contributed by atoms with Crippen LogP contribution in [0.2, 0.25) is 284 Å². The predicted molar refractivity (Wildman–Crippen MR) is 413 cm³/mol. The first kappa shape index (κ1) is 88.6. The summed E-state index contributed by atoms with van der Waals surface area (Å²) in [5.74, 6) is -0.317. The van der Waals surface area contributed by atoms with E-state index in [-0.39, 0.29) is 5.97 Å². The molecule has 0 amide bonds. The molecule has 0 aromatic carbocycles. The fourth-order valence-electron chi connectivity index (χ4n) is 9.82. The maximum absolute atomic E-state index is 11.9. The maximum Gasteiger partial charge on any atom is 0.469 e. The Morgan fingerprint density at radius 1 is 0.291 bits per heavy atom. The van der Waals surface area contributed by atoms with Crippen molar-refractivity contribution < 1.29 is 63.0 Å². The molecule has 0 spiro atoms. The van der Waals surface area contributed by atoms with Gasteiger partial charge in [0.1, 0.15) is 9.76 Å². The summed E-state index contributed by atoms with van der Waals surface area (Å²) in [7, 11) is -43.9. The second kappa shape index (κ2) is 33.7. The van der Waals surface area contributed by atoms with Crippen LogP contribution in [0.15, 0.2) is 12.2 Å². The molecule has 0 unspecified atom stereocenters. The zero-order valence-corrected chi connectivity index (χ0v) is 81.4. The summed E-state index contributed by atoms with van der Waals surface area (Å²) in [6.45, 7) is 86.1. The van der Waals surface area contributed by atoms with Crippen molar-refractivity contribution in [1.29, 1.82) is 0 Å². The highest BCUT2D eigenvalue weighted by Gasteiger charge is 2.58. The molecule has 0 N–H and O–H groups in total. The van der Waals surface area contributed by atoms with Gasteiger partial charge in [0, 0.05) is 29.7 Å². The van der Waals surface area contributed by atoms with Crippen LogP contribution in [0.4, 0.5) is 0 Å². The van der Waals surface area contributed by atoms with Gasteiger partial charge in [-0.3, -0.25) is 0 Å². The molecule has 15 nitrogen and oxygen atoms in total. The molecule has 33 heteroatoms. The molecular formula is C53H140O15Si18. The average Bonchev–Trinajstić information content (AvgIpc) is 2.89. The van der Waals surface area contributed by atoms with Crippen molar-refractivity contribution in [3.63, 3.8) is 0 Å². The average molecular weight is 1520 g/mol. The smallest absolute Gasteiger partial charge is 0.462 e. The Morgan fingerprint density at radius 3 is 0.756 bits per heavy atom. The van der Waals surface area contributed by atoms with E-state index in [0.717, 1.165) is 55.9 Å². The third-order valence-electron chi connectivity index (χ3n) is 11.9. The van der Waals surface area contributed by atoms with Crippen LogP contribution in [0.25, 0.3) is 0 Å². The van der Waals surface area contributed by atoms with E-state index < -0.39 is 153 Å². The van der Waals surface area contributed by atoms with Gasteiger partial charge >= 0.3 is 41.2 Å². The van der Waals surface area contributed by atoms with E-state index in [2.05, 4.69) is 236 Å². The second-order valence-corrected chi connectivity index (χ2v) is 109. The number of hydrogen-bond acceptors (Lipinski definition) is 15. The monoisotopic (exact) mass is 1520 g/mol. The molecule has 0 aromatic heterocycles. The highest BCUT2D eigenvalue weighted by atomic mass is 28.5. The molecule has 0 saturated carbocycles. The van der Waals surface area contributed by atoms with Crippen molar-refractivity contribution in [3.05, 3.63) is 12.2 Å². The quantitative estimate of drug-likeness (QED) is 0.0246. The van der Waals surface area contributed by atoms with Crippen molar-refractivity contribution >= 4 is 159 Å². The standard InChI is InChI=1S/C53H140O15Si18/c1-52(2)53(54)55-42-38-39-43-69-56-79(30,31)44-40-41-45-83(66-80(32,33)46-49-84(57-70(3,4)5,58-71(6,7)8)59-72(9,10)11,67-81(34,35)47-50-85(60-73(12,13)14,61-74(15,16)17)62-75(18,19)20)68-82(36,37)48-51-86(63-76(21,22)23,64-77(24,25)26)65-78(27,28)29/h1,38-51,69H2,2-37H3. The van der Waals surface area contributed by atoms with Gasteiger partial charge in [-0.15, -0.1) is 0 Å². The SMILES string of the molecule is C=C(C)C(=O)OCCCC[SiH2]O[Si](C)(C)CCCC[Si](O[Si](C)(C)CC[Si](O[Si](C)(C)C)(O[Si](C)(C)C)O[Si](C)(C)C)(O[Si](C)(C)CC[Si](O[Si](C)(C)C)(O[Si](C)(C)C)O[Si](C)(C)C)O[Si](C)(C)CC[Si](O[Si](C)(C)C)(O[Si](C)(C)C)O[Si](C)(C)C. The van der Waals surface area contributed by atoms with Crippen molar-refractivity contribution in [1.82, 2.24) is 0 Å². The number of carbonyl (C=O) groups is 1. The molecule has 0 atom stereocenters. The van der Waals surface area contributed by atoms with Crippen LogP contribution in [0, 0.1) is 0 Å². The largest absolute Gasteiger partial charge is 0.469 e. The van der Waals surface area contributed by atoms with E-state index in [1.807, 2.05) is 0 Å². The van der Waals surface area contributed by atoms with E-state index in [9.17, 15) is 4.79 Å². The minimum atomic E-state index is -3.68. The van der Waals surface area contributed by atoms with Crippen LogP contribution in [-0.4, -0.2) is 166 Å². The molecule has 0 heterocycles. The van der Waals surface area contributed by atoms with Gasteiger partial charge in [-0.2, -0.15) is 0 Å². The number of carbonyl (C=O) groups excluding carboxylic acids is 1. The minimum Gasteiger partial charge on any atom is -0.462 e. The zero-order valence-electron chi connectivity index (χ0n) is 62.9. The zero-order chi connectivity index (χ0) is 68.2. The number of ether oxygens (including phenoxy) is 1. The summed E-state index contributed by atoms with van der Waals surface area (Å²) in [6, 6.07) is 7.18. The van der Waals surface area contributed by atoms with Crippen molar-refractivity contribution in [2.24, 2.45) is 0 Å². The molecule has 0 saturated heterocycles. The third-order valence-corrected chi connectivity index (χ3v) is 71.2. The highest BCUT2D eigenvalue weighted by molar-refractivity contribution is 6.96. The summed E-state index contributed by atoms with van der Waals surface area (Å²) in [5, 5.41) is 0. The molecule has 0 aromatic rings. The van der Waals surface area contributed by atoms with E-state index in [1.54, 1.807) is 6.92 Å². The maximum atomic E-state index is 11.9. The number of unbranched alkanes of at least 4 members (excludes halogenated alkanes) is 2. The van der Waals surface area contributed by atoms with Gasteiger partial charge in [-0.05, 0) is 279 Å². The minimum absolute atomic E-state index is 0.317. The Morgan fingerprint density at radius 2 is 0.523 bits per heavy atom. The molecule has 86 heavy (non-hydrogen) atoms. The van der Waals surface area contributed by atoms with E-state index in [1.165, 1.54) is 0 Å². The van der Waals surface area contributed by atoms with E-state index >= 15 is 0 Å². The summed E-state index contributed by atoms with van der Waals surface area (Å²) in [5.41, 5.74) is 0.437. The summed E-state index contributed by atoms with van der Waals surface area (Å²) in [6.07, 6.45) is 3.70. The first-order chi connectivity index (χ1) is 37.6. The molecule has 0 aliphatic rings. The van der Waals surface area contributed by atoms with Gasteiger partial charge in [0.2, 0.25) is 0 Å². The normalized spacial score (nSPS) is 15.3. The molecular weight excluding hydrogens is 1380 g/mol. The van der Waals surface area contributed by atoms with Crippen LogP contribution >= 0.6 is 0 Å². The fraction of sp³-hybridized carbons (Fsp3) is 0.943. The number of hydrogen-bond donors (Lipinski definition) is 0. The number of rotatable bonds is 46. The molecule has 0 aliphatic heterocycles. The van der Waals surface area contributed by atoms with Gasteiger partial charge in [-0.25, -0.2) is 4.79 Å². The van der Waals surface area contributed by atoms with Crippen LogP contribution in [0.1, 0.15) is 32.6 Å². The molecule has 0 radical (unpaired) electrons. The Hall–Kier alpha value is 2.59. The van der Waals surface area contributed by atoms with Gasteiger partial charge in [0.25, 0.3) is 0 Å². The molecule has 514 valence electrons. The topological polar surface area (TPSA) is 146 Å². The van der Waals surface area contributed by atoms with Crippen molar-refractivity contribution in [3.8, 4) is 0 Å². The number of esters is 1. The molecule has 0 rings (SSSR count). The Kier molecular flexibility index (Phi) is 34.7. The Labute approximate surface area is 552 Å². The first-order valence-electron chi connectivity index (χ1n) is 32.5. The first-order valence-corrected chi connectivity index (χ1v) is 85.0. The summed E-state index contributed by atoms with van der Waals surface area (Å²) < 4.78 is 103. The van der Waals surface area contributed by atoms with Crippen LogP contribution in [-0.2, 0) is 63.0 Å². The van der Waals surface area contributed by atoms with Crippen LogP contribution in [0.3, 0.4) is 0 Å². The van der Waals surface area contributed by atoms with Crippen molar-refractivity contribution in [2.75, 3.05) is 6.61 Å². The molecule has 0 bridgehead atoms. The lowest BCUT2D eigenvalue weighted by Gasteiger charge is -2.48. The lowest BCUT2D eigenvalue weighted by molar-refractivity contribution is -0.139. The lowest BCUT2D eigenvalue weighted by Crippen LogP contribution is -2.64. The van der Waals surface area contributed by atoms with Crippen molar-refractivity contribution in [2.45, 2.75) is 316 Å². The molecule has 0 fully saturated rings. The van der Waals surface area contributed by atoms with Gasteiger partial charge in [-0.1, -0.05) is 19.4 Å². The predicted octanol–water partition coefficient (Wildman–Crippen LogP) is 18.5. The lowest BCUT2D eigenvalue weighted by atomic mass is 10.3. The molecule has 0 aliphatic carbocycles.